The fraction of sp³-hybridized carbons (Fsp3) is 0.143. The summed E-state index contributed by atoms with van der Waals surface area (Å²) in [5.41, 5.74) is 14.4. The summed E-state index contributed by atoms with van der Waals surface area (Å²) in [5.74, 6) is 0. The molecule has 0 aliphatic rings. The zero-order valence-electron chi connectivity index (χ0n) is 10.9. The summed E-state index contributed by atoms with van der Waals surface area (Å²) in [5, 5.41) is 4.03. The highest BCUT2D eigenvalue weighted by atomic mass is 32.2. The van der Waals surface area contributed by atoms with E-state index in [2.05, 4.69) is 5.14 Å². The third-order valence-electron chi connectivity index (χ3n) is 2.76. The monoisotopic (exact) mass is 292 g/mol. The minimum Gasteiger partial charge on any atom is -0.760 e. The van der Waals surface area contributed by atoms with Crippen molar-refractivity contribution in [3.63, 3.8) is 0 Å². The van der Waals surface area contributed by atoms with Gasteiger partial charge in [0, 0.05) is 23.4 Å². The first kappa shape index (κ1) is 16.5. The normalized spacial score (nSPS) is 14.6. The Morgan fingerprint density at radius 1 is 0.800 bits per heavy atom. The third kappa shape index (κ3) is 5.60. The fourth-order valence-corrected chi connectivity index (χ4v) is 1.77. The van der Waals surface area contributed by atoms with E-state index in [9.17, 15) is 0 Å². The number of nitrogens with two attached hydrogens (primary N) is 3. The largest absolute Gasteiger partial charge is 0.760 e. The summed E-state index contributed by atoms with van der Waals surface area (Å²) < 4.78 is 17.6. The zero-order chi connectivity index (χ0) is 15.0. The fourth-order valence-electron chi connectivity index (χ4n) is 1.77. The molecule has 2 rings (SSSR count). The van der Waals surface area contributed by atoms with Crippen LogP contribution in [0.5, 0.6) is 0 Å². The minimum atomic E-state index is -2.36. The van der Waals surface area contributed by atoms with E-state index in [4.69, 9.17) is 20.2 Å². The molecule has 0 aliphatic carbocycles. The second kappa shape index (κ2) is 8.57. The number of hydrogen-bond acceptors (Lipinski definition) is 4. The standard InChI is InChI=1S/C14H16N2.H3NO2S/c15-13(11-7-3-1-4-8-11)14(16)12-9-5-2-6-10-12;1-4(2)3/h1-10,13-14H,15-16H2;1H2,(H,2,3)/p-1. The lowest BCUT2D eigenvalue weighted by Gasteiger charge is -2.20. The summed E-state index contributed by atoms with van der Waals surface area (Å²) in [6, 6.07) is 19.6. The van der Waals surface area contributed by atoms with Crippen LogP contribution in [0.3, 0.4) is 0 Å². The first-order valence-electron chi connectivity index (χ1n) is 5.97. The molecule has 0 spiro atoms. The van der Waals surface area contributed by atoms with Gasteiger partial charge in [0.1, 0.15) is 0 Å². The predicted octanol–water partition coefficient (Wildman–Crippen LogP) is 1.13. The molecule has 0 saturated carbocycles. The van der Waals surface area contributed by atoms with Crippen LogP contribution < -0.4 is 16.6 Å². The molecule has 0 fully saturated rings. The molecule has 108 valence electrons. The summed E-state index contributed by atoms with van der Waals surface area (Å²) >= 11 is -2.36. The van der Waals surface area contributed by atoms with Crippen LogP contribution in [0.2, 0.25) is 0 Å². The predicted molar refractivity (Wildman–Crippen MR) is 79.8 cm³/mol. The van der Waals surface area contributed by atoms with Gasteiger partial charge >= 0.3 is 0 Å². The van der Waals surface area contributed by atoms with Crippen LogP contribution in [0, 0.1) is 0 Å². The topological polar surface area (TPSA) is 118 Å². The molecule has 0 bridgehead atoms. The van der Waals surface area contributed by atoms with Gasteiger partial charge in [-0.1, -0.05) is 60.7 Å². The molecule has 2 aromatic carbocycles. The lowest BCUT2D eigenvalue weighted by Crippen LogP contribution is -2.26. The van der Waals surface area contributed by atoms with Gasteiger partial charge in [0.2, 0.25) is 0 Å². The van der Waals surface area contributed by atoms with Crippen molar-refractivity contribution >= 4 is 11.3 Å². The first-order valence-corrected chi connectivity index (χ1v) is 7.11. The molecule has 0 radical (unpaired) electrons. The number of hydrogen-bond donors (Lipinski definition) is 3. The Balaban J connectivity index is 0.000000444. The molecule has 0 saturated heterocycles. The molecule has 2 aromatic rings. The van der Waals surface area contributed by atoms with Crippen LogP contribution in [-0.4, -0.2) is 8.76 Å². The summed E-state index contributed by atoms with van der Waals surface area (Å²) in [7, 11) is 0. The van der Waals surface area contributed by atoms with Gasteiger partial charge in [-0.25, -0.2) is 0 Å². The highest BCUT2D eigenvalue weighted by molar-refractivity contribution is 7.76. The van der Waals surface area contributed by atoms with E-state index >= 15 is 0 Å². The maximum atomic E-state index is 8.78. The van der Waals surface area contributed by atoms with Crippen molar-refractivity contribution in [2.24, 2.45) is 16.6 Å². The average Bonchev–Trinajstić information content (AvgIpc) is 2.47. The van der Waals surface area contributed by atoms with Crippen molar-refractivity contribution in [1.82, 2.24) is 0 Å². The van der Waals surface area contributed by atoms with Crippen molar-refractivity contribution in [2.45, 2.75) is 12.1 Å². The van der Waals surface area contributed by atoms with Gasteiger partial charge < -0.3 is 16.0 Å². The zero-order valence-corrected chi connectivity index (χ0v) is 11.7. The molecular weight excluding hydrogens is 274 g/mol. The molecule has 0 heterocycles. The maximum Gasteiger partial charge on any atom is 0.0491 e. The van der Waals surface area contributed by atoms with Gasteiger partial charge in [0.15, 0.2) is 0 Å². The Labute approximate surface area is 121 Å². The first-order chi connectivity index (χ1) is 9.52. The van der Waals surface area contributed by atoms with Crippen molar-refractivity contribution < 1.29 is 8.76 Å². The van der Waals surface area contributed by atoms with Crippen LogP contribution in [0.25, 0.3) is 0 Å². The van der Waals surface area contributed by atoms with Gasteiger partial charge in [0.05, 0.1) is 0 Å². The van der Waals surface area contributed by atoms with Crippen LogP contribution in [-0.2, 0) is 11.3 Å². The quantitative estimate of drug-likeness (QED) is 0.735. The Morgan fingerprint density at radius 3 is 1.30 bits per heavy atom. The maximum absolute atomic E-state index is 8.78. The molecule has 5 nitrogen and oxygen atoms in total. The molecule has 0 aromatic heterocycles. The third-order valence-corrected chi connectivity index (χ3v) is 2.76. The summed E-state index contributed by atoms with van der Waals surface area (Å²) in [6.07, 6.45) is 0. The van der Waals surface area contributed by atoms with Gasteiger partial charge in [-0.15, -0.1) is 0 Å². The van der Waals surface area contributed by atoms with E-state index in [0.717, 1.165) is 11.1 Å². The molecule has 0 amide bonds. The highest BCUT2D eigenvalue weighted by Gasteiger charge is 2.16. The number of rotatable bonds is 3. The number of benzene rings is 2. The second-order valence-corrected chi connectivity index (χ2v) is 4.65. The van der Waals surface area contributed by atoms with E-state index in [-0.39, 0.29) is 12.1 Å². The van der Waals surface area contributed by atoms with E-state index in [1.807, 2.05) is 60.7 Å². The summed E-state index contributed by atoms with van der Waals surface area (Å²) in [6.45, 7) is 0. The van der Waals surface area contributed by atoms with Crippen molar-refractivity contribution in [3.8, 4) is 0 Å². The molecule has 0 aliphatic heterocycles. The van der Waals surface area contributed by atoms with Crippen LogP contribution >= 0.6 is 0 Å². The van der Waals surface area contributed by atoms with E-state index in [1.54, 1.807) is 0 Å². The Bertz CT molecular complexity index is 475. The van der Waals surface area contributed by atoms with Crippen molar-refractivity contribution in [2.75, 3.05) is 0 Å². The Morgan fingerprint density at radius 2 is 1.05 bits per heavy atom. The highest BCUT2D eigenvalue weighted by Crippen LogP contribution is 2.23. The molecule has 3 unspecified atom stereocenters. The molecule has 3 atom stereocenters. The molecular formula is C14H18N3O2S-. The van der Waals surface area contributed by atoms with E-state index in [1.165, 1.54) is 0 Å². The Hall–Kier alpha value is -1.57. The van der Waals surface area contributed by atoms with E-state index < -0.39 is 11.3 Å². The van der Waals surface area contributed by atoms with E-state index in [0.29, 0.717) is 0 Å². The van der Waals surface area contributed by atoms with Crippen LogP contribution in [0.4, 0.5) is 0 Å². The lowest BCUT2D eigenvalue weighted by atomic mass is 9.95. The van der Waals surface area contributed by atoms with Gasteiger partial charge in [0.25, 0.3) is 0 Å². The molecule has 6 heteroatoms. The molecule has 20 heavy (non-hydrogen) atoms. The summed E-state index contributed by atoms with van der Waals surface area (Å²) in [4.78, 5) is 0. The van der Waals surface area contributed by atoms with Crippen molar-refractivity contribution in [3.05, 3.63) is 71.8 Å². The van der Waals surface area contributed by atoms with Gasteiger partial charge in [-0.3, -0.25) is 9.35 Å². The van der Waals surface area contributed by atoms with Crippen LogP contribution in [0.1, 0.15) is 23.2 Å². The van der Waals surface area contributed by atoms with Gasteiger partial charge in [-0.2, -0.15) is 0 Å². The lowest BCUT2D eigenvalue weighted by molar-refractivity contribution is 0.539. The minimum absolute atomic E-state index is 0.163. The average molecular weight is 292 g/mol. The molecule has 6 N–H and O–H groups in total. The smallest absolute Gasteiger partial charge is 0.0491 e. The van der Waals surface area contributed by atoms with Crippen molar-refractivity contribution in [1.29, 1.82) is 0 Å². The Kier molecular flexibility index (Phi) is 7.06. The van der Waals surface area contributed by atoms with Gasteiger partial charge in [-0.05, 0) is 11.1 Å². The SMILES string of the molecule is NC(c1ccccc1)C(N)c1ccccc1.NS(=O)[O-]. The second-order valence-electron chi connectivity index (χ2n) is 4.13. The van der Waals surface area contributed by atoms with Crippen LogP contribution in [0.15, 0.2) is 60.7 Å².